The summed E-state index contributed by atoms with van der Waals surface area (Å²) >= 11 is 0. The number of nitrogens with zero attached hydrogens (tertiary/aromatic N) is 3. The quantitative estimate of drug-likeness (QED) is 0.391. The summed E-state index contributed by atoms with van der Waals surface area (Å²) in [7, 11) is 1.43. The lowest BCUT2D eigenvalue weighted by Crippen LogP contribution is -2.42. The molecule has 1 aromatic carbocycles. The van der Waals surface area contributed by atoms with Crippen LogP contribution >= 0.6 is 0 Å². The molecule has 0 amide bonds. The minimum absolute atomic E-state index is 0.0145. The predicted molar refractivity (Wildman–Crippen MR) is 118 cm³/mol. The molecule has 2 aromatic rings. The van der Waals surface area contributed by atoms with E-state index in [2.05, 4.69) is 19.8 Å². The van der Waals surface area contributed by atoms with Crippen molar-refractivity contribution in [1.82, 2.24) is 19.8 Å². The molecule has 1 aromatic heterocycles. The number of nitrogens with one attached hydrogen (secondary N) is 1. The van der Waals surface area contributed by atoms with Gasteiger partial charge in [-0.1, -0.05) is 12.1 Å². The van der Waals surface area contributed by atoms with Gasteiger partial charge in [-0.25, -0.2) is 4.98 Å². The maximum Gasteiger partial charge on any atom is 0.308 e. The molecule has 1 aliphatic heterocycles. The highest BCUT2D eigenvalue weighted by atomic mass is 16.5. The Kier molecular flexibility index (Phi) is 9.33. The highest BCUT2D eigenvalue weighted by Gasteiger charge is 2.26. The van der Waals surface area contributed by atoms with Crippen molar-refractivity contribution in [3.05, 3.63) is 48.5 Å². The number of benzene rings is 1. The number of piperidine rings is 1. The molecule has 3 rings (SSSR count). The van der Waals surface area contributed by atoms with E-state index in [1.165, 1.54) is 12.7 Å². The molecule has 0 spiro atoms. The molecule has 1 saturated heterocycles. The number of likely N-dealkylation sites (tertiary alicyclic amines) is 1. The number of imidazole rings is 1. The van der Waals surface area contributed by atoms with Crippen LogP contribution in [0.3, 0.4) is 0 Å². The summed E-state index contributed by atoms with van der Waals surface area (Å²) < 4.78 is 12.6. The van der Waals surface area contributed by atoms with Gasteiger partial charge in [0.1, 0.15) is 18.5 Å². The molecule has 1 atom stereocenters. The van der Waals surface area contributed by atoms with Crippen molar-refractivity contribution in [2.24, 2.45) is 5.92 Å². The number of rotatable bonds is 12. The van der Waals surface area contributed by atoms with Gasteiger partial charge in [0, 0.05) is 32.0 Å². The number of carbonyl (C=O) groups is 1. The van der Waals surface area contributed by atoms with Crippen LogP contribution in [0, 0.1) is 5.92 Å². The van der Waals surface area contributed by atoms with E-state index >= 15 is 0 Å². The van der Waals surface area contributed by atoms with E-state index in [9.17, 15) is 9.90 Å². The van der Waals surface area contributed by atoms with Crippen LogP contribution in [0.25, 0.3) is 0 Å². The van der Waals surface area contributed by atoms with Gasteiger partial charge in [0.2, 0.25) is 0 Å². The fraction of sp³-hybridized carbons (Fsp3) is 0.565. The zero-order chi connectivity index (χ0) is 21.9. The van der Waals surface area contributed by atoms with Crippen LogP contribution in [-0.4, -0.2) is 71.5 Å². The minimum Gasteiger partial charge on any atom is -0.491 e. The number of hydrogen-bond acceptors (Lipinski definition) is 7. The lowest BCUT2D eigenvalue weighted by atomic mass is 9.97. The molecule has 8 heteroatoms. The molecule has 0 unspecified atom stereocenters. The number of aryl methyl sites for hydroxylation is 1. The van der Waals surface area contributed by atoms with Crippen LogP contribution in [0.1, 0.15) is 24.8 Å². The molecule has 0 bridgehead atoms. The first-order valence-corrected chi connectivity index (χ1v) is 11.0. The van der Waals surface area contributed by atoms with Crippen molar-refractivity contribution in [2.75, 3.05) is 39.9 Å². The van der Waals surface area contributed by atoms with Crippen LogP contribution in [0.5, 0.6) is 5.75 Å². The smallest absolute Gasteiger partial charge is 0.308 e. The Balaban J connectivity index is 1.27. The summed E-state index contributed by atoms with van der Waals surface area (Å²) in [6.45, 7) is 5.11. The number of aromatic nitrogens is 2. The van der Waals surface area contributed by atoms with E-state index < -0.39 is 6.10 Å². The third-order valence-electron chi connectivity index (χ3n) is 5.61. The van der Waals surface area contributed by atoms with Gasteiger partial charge in [0.05, 0.1) is 19.4 Å². The molecular weight excluding hydrogens is 396 g/mol. The Bertz CT molecular complexity index is 758. The van der Waals surface area contributed by atoms with Gasteiger partial charge < -0.3 is 29.4 Å². The Labute approximate surface area is 184 Å². The number of ether oxygens (including phenoxy) is 2. The first kappa shape index (κ1) is 23.2. The van der Waals surface area contributed by atoms with Crippen molar-refractivity contribution in [3.8, 4) is 5.75 Å². The second kappa shape index (κ2) is 12.4. The Hall–Kier alpha value is -2.42. The molecule has 1 aliphatic rings. The maximum absolute atomic E-state index is 11.6. The Morgan fingerprint density at radius 3 is 2.74 bits per heavy atom. The average molecular weight is 431 g/mol. The molecule has 0 saturated carbocycles. The lowest BCUT2D eigenvalue weighted by molar-refractivity contribution is -0.147. The number of esters is 1. The normalized spacial score (nSPS) is 16.2. The van der Waals surface area contributed by atoms with Crippen LogP contribution < -0.4 is 10.1 Å². The molecule has 31 heavy (non-hydrogen) atoms. The Morgan fingerprint density at radius 1 is 1.29 bits per heavy atom. The Morgan fingerprint density at radius 2 is 2.06 bits per heavy atom. The molecule has 0 aliphatic carbocycles. The number of aliphatic hydroxyl groups excluding tert-OH is 1. The molecule has 8 nitrogen and oxygen atoms in total. The SMILES string of the molecule is COC(=O)C1CCN(C[C@H](O)COc2ccc(CNCCCn3ccnc3)cc2)CC1. The van der Waals surface area contributed by atoms with Crippen molar-refractivity contribution in [1.29, 1.82) is 0 Å². The van der Waals surface area contributed by atoms with Crippen LogP contribution in [-0.2, 0) is 22.6 Å². The number of methoxy groups -OCH3 is 1. The summed E-state index contributed by atoms with van der Waals surface area (Å²) in [5.41, 5.74) is 1.20. The van der Waals surface area contributed by atoms with Gasteiger partial charge in [0.15, 0.2) is 0 Å². The van der Waals surface area contributed by atoms with E-state index in [-0.39, 0.29) is 18.5 Å². The largest absolute Gasteiger partial charge is 0.491 e. The van der Waals surface area contributed by atoms with Gasteiger partial charge in [-0.3, -0.25) is 4.79 Å². The maximum atomic E-state index is 11.6. The third-order valence-corrected chi connectivity index (χ3v) is 5.61. The zero-order valence-corrected chi connectivity index (χ0v) is 18.3. The van der Waals surface area contributed by atoms with E-state index in [0.717, 1.165) is 57.7 Å². The van der Waals surface area contributed by atoms with Crippen LogP contribution in [0.2, 0.25) is 0 Å². The van der Waals surface area contributed by atoms with E-state index in [4.69, 9.17) is 9.47 Å². The van der Waals surface area contributed by atoms with Gasteiger partial charge in [-0.05, 0) is 56.6 Å². The monoisotopic (exact) mass is 430 g/mol. The second-order valence-corrected chi connectivity index (χ2v) is 8.04. The van der Waals surface area contributed by atoms with Crippen molar-refractivity contribution >= 4 is 5.97 Å². The van der Waals surface area contributed by atoms with Crippen molar-refractivity contribution < 1.29 is 19.4 Å². The minimum atomic E-state index is -0.563. The molecule has 0 radical (unpaired) electrons. The molecule has 1 fully saturated rings. The van der Waals surface area contributed by atoms with Gasteiger partial charge in [0.25, 0.3) is 0 Å². The highest BCUT2D eigenvalue weighted by Crippen LogP contribution is 2.19. The number of hydrogen-bond donors (Lipinski definition) is 2. The highest BCUT2D eigenvalue weighted by molar-refractivity contribution is 5.72. The van der Waals surface area contributed by atoms with E-state index in [0.29, 0.717) is 6.54 Å². The summed E-state index contributed by atoms with van der Waals surface area (Å²) in [6, 6.07) is 7.97. The summed E-state index contributed by atoms with van der Waals surface area (Å²) in [5, 5.41) is 13.7. The second-order valence-electron chi connectivity index (χ2n) is 8.04. The van der Waals surface area contributed by atoms with E-state index in [1.54, 1.807) is 6.20 Å². The molecular formula is C23H34N4O4. The zero-order valence-electron chi connectivity index (χ0n) is 18.3. The predicted octanol–water partition coefficient (Wildman–Crippen LogP) is 1.69. The lowest BCUT2D eigenvalue weighted by Gasteiger charge is -2.31. The molecule has 170 valence electrons. The topological polar surface area (TPSA) is 88.9 Å². The van der Waals surface area contributed by atoms with Crippen LogP contribution in [0.15, 0.2) is 43.0 Å². The van der Waals surface area contributed by atoms with E-state index in [1.807, 2.05) is 36.8 Å². The summed E-state index contributed by atoms with van der Waals surface area (Å²) in [5.74, 6) is 0.614. The fourth-order valence-corrected chi connectivity index (χ4v) is 3.80. The average Bonchev–Trinajstić information content (AvgIpc) is 3.32. The van der Waals surface area contributed by atoms with Crippen molar-refractivity contribution in [3.63, 3.8) is 0 Å². The first-order valence-electron chi connectivity index (χ1n) is 11.0. The van der Waals surface area contributed by atoms with Gasteiger partial charge in [-0.2, -0.15) is 0 Å². The standard InChI is InChI=1S/C23H34N4O4/c1-30-23(29)20-7-12-26(13-8-20)16-21(28)17-31-22-5-3-19(4-6-22)15-24-9-2-11-27-14-10-25-18-27/h3-6,10,14,18,20-21,24,28H,2,7-9,11-13,15-17H2,1H3/t21-/m0/s1. The molecule has 2 heterocycles. The third kappa shape index (κ3) is 7.97. The summed E-state index contributed by atoms with van der Waals surface area (Å²) in [4.78, 5) is 17.8. The first-order chi connectivity index (χ1) is 15.1. The number of β-amino-alcohol motifs (C(OH)–C–C–N with tert-alkyl or cyclic N) is 1. The van der Waals surface area contributed by atoms with Crippen LogP contribution in [0.4, 0.5) is 0 Å². The number of aliphatic hydroxyl groups is 1. The fourth-order valence-electron chi connectivity index (χ4n) is 3.80. The van der Waals surface area contributed by atoms with Crippen molar-refractivity contribution in [2.45, 2.75) is 38.5 Å². The summed E-state index contributed by atoms with van der Waals surface area (Å²) in [6.07, 6.45) is 7.65. The van der Waals surface area contributed by atoms with Gasteiger partial charge >= 0.3 is 5.97 Å². The van der Waals surface area contributed by atoms with Gasteiger partial charge in [-0.15, -0.1) is 0 Å². The molecule has 2 N–H and O–H groups in total. The number of carbonyl (C=O) groups excluding carboxylic acids is 1.